The molecule has 32 heavy (non-hydrogen) atoms. The number of hydrogen-bond donors (Lipinski definition) is 6. The molecule has 0 aromatic heterocycles. The lowest BCUT2D eigenvalue weighted by Gasteiger charge is -2.52. The Hall–Kier alpha value is -2.11. The summed E-state index contributed by atoms with van der Waals surface area (Å²) in [6.45, 7) is 1.88. The van der Waals surface area contributed by atoms with Crippen molar-refractivity contribution in [1.82, 2.24) is 0 Å². The predicted octanol–water partition coefficient (Wildman–Crippen LogP) is 0.315. The van der Waals surface area contributed by atoms with Gasteiger partial charge in [-0.3, -0.25) is 0 Å². The fraction of sp³-hybridized carbons (Fsp3) is 0.478. The molecule has 6 atom stereocenters. The van der Waals surface area contributed by atoms with Crippen LogP contribution in [0.4, 0.5) is 4.39 Å². The van der Waals surface area contributed by atoms with E-state index in [1.165, 1.54) is 20.1 Å². The van der Waals surface area contributed by atoms with Gasteiger partial charge in [0.25, 0.3) is 0 Å². The molecule has 0 saturated carbocycles. The SMILES string of the molecule is COc1ccc(Cc2c(F)cc(CO)cc2[C@@]2(O)O[C@H]([C@H](C)O)[C@@](C)(O)[C@H](O)[C@H]2O)cc1. The highest BCUT2D eigenvalue weighted by Crippen LogP contribution is 2.43. The molecule has 6 N–H and O–H groups in total. The van der Waals surface area contributed by atoms with Gasteiger partial charge in [-0.15, -0.1) is 0 Å². The van der Waals surface area contributed by atoms with Gasteiger partial charge in [0.05, 0.1) is 19.8 Å². The van der Waals surface area contributed by atoms with Gasteiger partial charge in [-0.25, -0.2) is 4.39 Å². The molecule has 3 rings (SSSR count). The predicted molar refractivity (Wildman–Crippen MR) is 111 cm³/mol. The van der Waals surface area contributed by atoms with Crippen molar-refractivity contribution in [3.8, 4) is 5.75 Å². The summed E-state index contributed by atoms with van der Waals surface area (Å²) in [5.41, 5.74) is -1.64. The fourth-order valence-electron chi connectivity index (χ4n) is 4.12. The van der Waals surface area contributed by atoms with E-state index in [9.17, 15) is 30.6 Å². The third-order valence-corrected chi connectivity index (χ3v) is 5.98. The van der Waals surface area contributed by atoms with Gasteiger partial charge in [0.15, 0.2) is 0 Å². The molecule has 0 radical (unpaired) electrons. The van der Waals surface area contributed by atoms with Crippen molar-refractivity contribution in [1.29, 1.82) is 0 Å². The van der Waals surface area contributed by atoms with Crippen LogP contribution in [0.5, 0.6) is 5.75 Å². The van der Waals surface area contributed by atoms with Crippen LogP contribution in [0.15, 0.2) is 36.4 Å². The topological polar surface area (TPSA) is 140 Å². The number of methoxy groups -OCH3 is 1. The smallest absolute Gasteiger partial charge is 0.222 e. The molecule has 1 aliphatic heterocycles. The van der Waals surface area contributed by atoms with E-state index in [1.807, 2.05) is 0 Å². The second-order valence-electron chi connectivity index (χ2n) is 8.38. The van der Waals surface area contributed by atoms with Crippen LogP contribution >= 0.6 is 0 Å². The molecule has 2 aromatic rings. The first kappa shape index (κ1) is 24.5. The third kappa shape index (κ3) is 4.25. The number of benzene rings is 2. The number of hydrogen-bond acceptors (Lipinski definition) is 8. The van der Waals surface area contributed by atoms with Crippen LogP contribution in [0.3, 0.4) is 0 Å². The van der Waals surface area contributed by atoms with Gasteiger partial charge >= 0.3 is 0 Å². The van der Waals surface area contributed by atoms with Gasteiger partial charge in [0.1, 0.15) is 35.5 Å². The van der Waals surface area contributed by atoms with Gasteiger partial charge in [-0.2, -0.15) is 0 Å². The molecule has 1 heterocycles. The summed E-state index contributed by atoms with van der Waals surface area (Å²) in [7, 11) is 1.51. The normalized spacial score (nSPS) is 31.4. The van der Waals surface area contributed by atoms with Gasteiger partial charge in [-0.05, 0) is 49.2 Å². The minimum absolute atomic E-state index is 0.0267. The van der Waals surface area contributed by atoms with Crippen molar-refractivity contribution < 1.29 is 44.5 Å². The van der Waals surface area contributed by atoms with E-state index in [1.54, 1.807) is 24.3 Å². The highest BCUT2D eigenvalue weighted by Gasteiger charge is 2.60. The second-order valence-corrected chi connectivity index (χ2v) is 8.38. The van der Waals surface area contributed by atoms with E-state index < -0.39 is 48.2 Å². The number of aliphatic hydroxyl groups excluding tert-OH is 4. The van der Waals surface area contributed by atoms with Crippen molar-refractivity contribution in [2.75, 3.05) is 7.11 Å². The summed E-state index contributed by atoms with van der Waals surface area (Å²) in [5.74, 6) is -2.86. The molecular formula is C23H29FO8. The molecule has 176 valence electrons. The molecule has 0 spiro atoms. The molecule has 9 heteroatoms. The maximum atomic E-state index is 15.1. The van der Waals surface area contributed by atoms with Crippen molar-refractivity contribution in [2.24, 2.45) is 0 Å². The third-order valence-electron chi connectivity index (χ3n) is 5.98. The first-order valence-electron chi connectivity index (χ1n) is 10.2. The summed E-state index contributed by atoms with van der Waals surface area (Å²) < 4.78 is 25.8. The molecule has 1 saturated heterocycles. The van der Waals surface area contributed by atoms with E-state index >= 15 is 4.39 Å². The van der Waals surface area contributed by atoms with Crippen molar-refractivity contribution in [2.45, 2.75) is 62.7 Å². The zero-order valence-corrected chi connectivity index (χ0v) is 18.1. The monoisotopic (exact) mass is 452 g/mol. The summed E-state index contributed by atoms with van der Waals surface area (Å²) in [6.07, 6.45) is -6.91. The van der Waals surface area contributed by atoms with E-state index in [2.05, 4.69) is 0 Å². The molecular weight excluding hydrogens is 423 g/mol. The Labute approximate surface area is 185 Å². The lowest BCUT2D eigenvalue weighted by Crippen LogP contribution is -2.70. The Kier molecular flexibility index (Phi) is 6.92. The van der Waals surface area contributed by atoms with Crippen LogP contribution in [0.2, 0.25) is 0 Å². The van der Waals surface area contributed by atoms with Gasteiger partial charge in [-0.1, -0.05) is 12.1 Å². The van der Waals surface area contributed by atoms with Crippen LogP contribution < -0.4 is 4.74 Å². The minimum Gasteiger partial charge on any atom is -0.497 e. The zero-order chi connectivity index (χ0) is 23.8. The molecule has 1 fully saturated rings. The number of rotatable bonds is 6. The Morgan fingerprint density at radius 2 is 1.72 bits per heavy atom. The Morgan fingerprint density at radius 1 is 1.09 bits per heavy atom. The Morgan fingerprint density at radius 3 is 2.25 bits per heavy atom. The van der Waals surface area contributed by atoms with E-state index in [-0.39, 0.29) is 23.1 Å². The van der Waals surface area contributed by atoms with Crippen LogP contribution in [-0.2, 0) is 23.6 Å². The van der Waals surface area contributed by atoms with E-state index in [0.717, 1.165) is 13.0 Å². The molecule has 8 nitrogen and oxygen atoms in total. The van der Waals surface area contributed by atoms with Crippen molar-refractivity contribution in [3.63, 3.8) is 0 Å². The molecule has 0 aliphatic carbocycles. The maximum absolute atomic E-state index is 15.1. The van der Waals surface area contributed by atoms with Crippen molar-refractivity contribution in [3.05, 3.63) is 64.5 Å². The summed E-state index contributed by atoms with van der Waals surface area (Å²) in [4.78, 5) is 0. The van der Waals surface area contributed by atoms with Crippen LogP contribution in [0, 0.1) is 5.82 Å². The number of aliphatic hydroxyl groups is 6. The zero-order valence-electron chi connectivity index (χ0n) is 18.1. The maximum Gasteiger partial charge on any atom is 0.222 e. The summed E-state index contributed by atoms with van der Waals surface area (Å²) in [5, 5.41) is 62.9. The average Bonchev–Trinajstić information content (AvgIpc) is 2.76. The highest BCUT2D eigenvalue weighted by atomic mass is 19.1. The number of halogens is 1. The minimum atomic E-state index is -2.68. The van der Waals surface area contributed by atoms with Crippen LogP contribution in [-0.4, -0.2) is 67.8 Å². The standard InChI is InChI=1S/C23H29FO8/c1-12(26)21-22(2,29)19(27)20(28)23(30,32-21)17-9-14(11-25)10-18(24)16(17)8-13-4-6-15(31-3)7-5-13/h4-7,9-10,12,19-21,25-30H,8,11H2,1-3H3/t12-,19+,20+,21+,22-,23+/m0/s1. The molecule has 0 unspecified atom stereocenters. The van der Waals surface area contributed by atoms with Crippen LogP contribution in [0.1, 0.15) is 36.1 Å². The summed E-state index contributed by atoms with van der Waals surface area (Å²) >= 11 is 0. The molecule has 0 amide bonds. The summed E-state index contributed by atoms with van der Waals surface area (Å²) in [6, 6.07) is 9.11. The first-order chi connectivity index (χ1) is 14.9. The Bertz CT molecular complexity index is 946. The molecule has 0 bridgehead atoms. The lowest BCUT2D eigenvalue weighted by molar-refractivity contribution is -0.385. The van der Waals surface area contributed by atoms with Crippen molar-refractivity contribution >= 4 is 0 Å². The lowest BCUT2D eigenvalue weighted by atomic mass is 9.77. The van der Waals surface area contributed by atoms with Gasteiger partial charge in [0.2, 0.25) is 5.79 Å². The van der Waals surface area contributed by atoms with E-state index in [0.29, 0.717) is 11.3 Å². The molecule has 1 aliphatic rings. The average molecular weight is 452 g/mol. The fourth-order valence-corrected chi connectivity index (χ4v) is 4.12. The van der Waals surface area contributed by atoms with E-state index in [4.69, 9.17) is 9.47 Å². The van der Waals surface area contributed by atoms with Gasteiger partial charge < -0.3 is 40.1 Å². The Balaban J connectivity index is 2.14. The molecule has 2 aromatic carbocycles. The largest absolute Gasteiger partial charge is 0.497 e. The van der Waals surface area contributed by atoms with Crippen LogP contribution in [0.25, 0.3) is 0 Å². The number of ether oxygens (including phenoxy) is 2. The second kappa shape index (κ2) is 9.03. The highest BCUT2D eigenvalue weighted by molar-refractivity contribution is 5.42. The first-order valence-corrected chi connectivity index (χ1v) is 10.2. The van der Waals surface area contributed by atoms with Gasteiger partial charge in [0, 0.05) is 17.5 Å². The quantitative estimate of drug-likeness (QED) is 0.368.